The second-order valence-electron chi connectivity index (χ2n) is 5.55. The summed E-state index contributed by atoms with van der Waals surface area (Å²) in [6, 6.07) is 13.8. The van der Waals surface area contributed by atoms with Crippen LogP contribution in [0.5, 0.6) is 5.75 Å². The molecule has 110 valence electrons. The molecule has 3 aromatic rings. The minimum atomic E-state index is -0.00579. The normalized spacial score (nSPS) is 12.9. The summed E-state index contributed by atoms with van der Waals surface area (Å²) in [6.45, 7) is 0.726. The molecule has 2 aromatic carbocycles. The Morgan fingerprint density at radius 1 is 1.18 bits per heavy atom. The van der Waals surface area contributed by atoms with Gasteiger partial charge in [-0.15, -0.1) is 0 Å². The molecule has 1 aliphatic heterocycles. The summed E-state index contributed by atoms with van der Waals surface area (Å²) >= 11 is 0. The molecule has 2 heterocycles. The van der Waals surface area contributed by atoms with Crippen LogP contribution in [0.3, 0.4) is 0 Å². The van der Waals surface area contributed by atoms with Gasteiger partial charge in [-0.3, -0.25) is 4.79 Å². The van der Waals surface area contributed by atoms with E-state index in [2.05, 4.69) is 10.3 Å². The van der Waals surface area contributed by atoms with Gasteiger partial charge >= 0.3 is 0 Å². The third-order valence-corrected chi connectivity index (χ3v) is 3.96. The molecule has 0 spiro atoms. The first-order valence-corrected chi connectivity index (χ1v) is 7.39. The molecule has 2 N–H and O–H groups in total. The van der Waals surface area contributed by atoms with Gasteiger partial charge in [0.05, 0.1) is 13.0 Å². The van der Waals surface area contributed by atoms with E-state index in [0.717, 1.165) is 46.5 Å². The number of carbonyl (C=O) groups is 1. The van der Waals surface area contributed by atoms with Crippen molar-refractivity contribution in [1.29, 1.82) is 0 Å². The molecule has 4 nitrogen and oxygen atoms in total. The van der Waals surface area contributed by atoms with E-state index >= 15 is 0 Å². The van der Waals surface area contributed by atoms with Gasteiger partial charge in [0.2, 0.25) is 5.91 Å². The number of fused-ring (bicyclic) bond motifs is 2. The number of aromatic amines is 1. The lowest BCUT2D eigenvalue weighted by Gasteiger charge is -2.07. The molecule has 0 aliphatic carbocycles. The van der Waals surface area contributed by atoms with Crippen LogP contribution in [0.4, 0.5) is 5.69 Å². The zero-order valence-corrected chi connectivity index (χ0v) is 12.1. The summed E-state index contributed by atoms with van der Waals surface area (Å²) < 4.78 is 5.47. The van der Waals surface area contributed by atoms with Crippen LogP contribution < -0.4 is 10.1 Å². The lowest BCUT2D eigenvalue weighted by molar-refractivity contribution is -0.115. The molecule has 4 rings (SSSR count). The van der Waals surface area contributed by atoms with E-state index in [1.165, 1.54) is 0 Å². The number of hydrogen-bond donors (Lipinski definition) is 2. The van der Waals surface area contributed by atoms with Gasteiger partial charge < -0.3 is 15.0 Å². The van der Waals surface area contributed by atoms with E-state index in [9.17, 15) is 4.79 Å². The zero-order valence-electron chi connectivity index (χ0n) is 12.1. The Bertz CT molecular complexity index is 851. The van der Waals surface area contributed by atoms with Crippen LogP contribution in [0.1, 0.15) is 11.1 Å². The van der Waals surface area contributed by atoms with Gasteiger partial charge in [0, 0.05) is 23.8 Å². The van der Waals surface area contributed by atoms with Gasteiger partial charge in [-0.25, -0.2) is 0 Å². The number of nitrogens with one attached hydrogen (secondary N) is 2. The summed E-state index contributed by atoms with van der Waals surface area (Å²) in [5.41, 5.74) is 4.08. The lowest BCUT2D eigenvalue weighted by atomic mass is 10.1. The van der Waals surface area contributed by atoms with Gasteiger partial charge in [0.25, 0.3) is 0 Å². The van der Waals surface area contributed by atoms with Gasteiger partial charge in [-0.1, -0.05) is 6.07 Å². The maximum absolute atomic E-state index is 12.2. The van der Waals surface area contributed by atoms with Crippen molar-refractivity contribution in [2.45, 2.75) is 12.8 Å². The van der Waals surface area contributed by atoms with Crippen LogP contribution in [-0.4, -0.2) is 17.5 Å². The van der Waals surface area contributed by atoms with Crippen molar-refractivity contribution in [3.8, 4) is 5.75 Å². The van der Waals surface area contributed by atoms with E-state index in [1.54, 1.807) is 0 Å². The number of H-pyrrole nitrogens is 1. The minimum absolute atomic E-state index is 0.00579. The Kier molecular flexibility index (Phi) is 3.07. The second-order valence-corrected chi connectivity index (χ2v) is 5.55. The largest absolute Gasteiger partial charge is 0.493 e. The zero-order chi connectivity index (χ0) is 14.9. The molecular weight excluding hydrogens is 276 g/mol. The molecule has 1 aliphatic rings. The predicted octanol–water partition coefficient (Wildman–Crippen LogP) is 3.28. The number of amides is 1. The van der Waals surface area contributed by atoms with E-state index in [0.29, 0.717) is 6.42 Å². The third-order valence-electron chi connectivity index (χ3n) is 3.96. The van der Waals surface area contributed by atoms with Crippen molar-refractivity contribution in [3.05, 3.63) is 59.8 Å². The number of hydrogen-bond acceptors (Lipinski definition) is 2. The lowest BCUT2D eigenvalue weighted by Crippen LogP contribution is -2.14. The average molecular weight is 292 g/mol. The van der Waals surface area contributed by atoms with E-state index < -0.39 is 0 Å². The summed E-state index contributed by atoms with van der Waals surface area (Å²) in [7, 11) is 0. The Morgan fingerprint density at radius 3 is 3.09 bits per heavy atom. The fraction of sp³-hybridized carbons (Fsp3) is 0.167. The summed E-state index contributed by atoms with van der Waals surface area (Å²) in [4.78, 5) is 15.4. The topological polar surface area (TPSA) is 54.1 Å². The second kappa shape index (κ2) is 5.22. The van der Waals surface area contributed by atoms with Crippen LogP contribution in [0.2, 0.25) is 0 Å². The molecule has 0 radical (unpaired) electrons. The Balaban J connectivity index is 1.47. The molecule has 1 aromatic heterocycles. The number of anilines is 1. The van der Waals surface area contributed by atoms with Crippen LogP contribution >= 0.6 is 0 Å². The summed E-state index contributed by atoms with van der Waals surface area (Å²) in [5.74, 6) is 0.921. The highest BCUT2D eigenvalue weighted by Crippen LogP contribution is 2.27. The first kappa shape index (κ1) is 13.0. The van der Waals surface area contributed by atoms with Crippen LogP contribution in [0.25, 0.3) is 10.9 Å². The molecule has 4 heteroatoms. The fourth-order valence-electron chi connectivity index (χ4n) is 2.87. The first-order chi connectivity index (χ1) is 10.8. The summed E-state index contributed by atoms with van der Waals surface area (Å²) in [6.07, 6.45) is 3.18. The SMILES string of the molecule is O=C(Cc1ccc2[nH]ccc2c1)Nc1ccc2c(c1)CCO2. The third kappa shape index (κ3) is 2.44. The molecule has 1 amide bonds. The number of ether oxygens (including phenoxy) is 1. The molecule has 0 bridgehead atoms. The molecule has 0 saturated heterocycles. The van der Waals surface area contributed by atoms with Crippen molar-refractivity contribution in [2.75, 3.05) is 11.9 Å². The van der Waals surface area contributed by atoms with Gasteiger partial charge in [0.15, 0.2) is 0 Å². The van der Waals surface area contributed by atoms with Crippen LogP contribution in [-0.2, 0) is 17.6 Å². The fourth-order valence-corrected chi connectivity index (χ4v) is 2.87. The Morgan fingerprint density at radius 2 is 2.14 bits per heavy atom. The maximum atomic E-state index is 12.2. The number of benzene rings is 2. The molecule has 0 fully saturated rings. The smallest absolute Gasteiger partial charge is 0.228 e. The highest BCUT2D eigenvalue weighted by Gasteiger charge is 2.13. The van der Waals surface area contributed by atoms with Crippen molar-refractivity contribution < 1.29 is 9.53 Å². The quantitative estimate of drug-likeness (QED) is 0.778. The molecule has 0 unspecified atom stereocenters. The van der Waals surface area contributed by atoms with Crippen molar-refractivity contribution >= 4 is 22.5 Å². The Labute approximate surface area is 128 Å². The molecular formula is C18H16N2O2. The number of carbonyl (C=O) groups excluding carboxylic acids is 1. The minimum Gasteiger partial charge on any atom is -0.493 e. The standard InChI is InChI=1S/C18H16N2O2/c21-18(10-12-1-3-16-13(9-12)5-7-19-16)20-15-2-4-17-14(11-15)6-8-22-17/h1-5,7,9,11,19H,6,8,10H2,(H,20,21). The number of aromatic nitrogens is 1. The predicted molar refractivity (Wildman–Crippen MR) is 86.3 cm³/mol. The van der Waals surface area contributed by atoms with Gasteiger partial charge in [-0.05, 0) is 52.9 Å². The molecule has 22 heavy (non-hydrogen) atoms. The van der Waals surface area contributed by atoms with Crippen LogP contribution in [0.15, 0.2) is 48.7 Å². The van der Waals surface area contributed by atoms with Crippen molar-refractivity contribution in [2.24, 2.45) is 0 Å². The molecule has 0 atom stereocenters. The molecule has 0 saturated carbocycles. The van der Waals surface area contributed by atoms with Crippen molar-refractivity contribution in [1.82, 2.24) is 4.98 Å². The monoisotopic (exact) mass is 292 g/mol. The van der Waals surface area contributed by atoms with E-state index in [-0.39, 0.29) is 5.91 Å². The Hall–Kier alpha value is -2.75. The van der Waals surface area contributed by atoms with E-state index in [4.69, 9.17) is 4.74 Å². The van der Waals surface area contributed by atoms with Crippen LogP contribution in [0, 0.1) is 0 Å². The van der Waals surface area contributed by atoms with Gasteiger partial charge in [-0.2, -0.15) is 0 Å². The average Bonchev–Trinajstić information content (AvgIpc) is 3.14. The summed E-state index contributed by atoms with van der Waals surface area (Å²) in [5, 5.41) is 4.08. The first-order valence-electron chi connectivity index (χ1n) is 7.39. The van der Waals surface area contributed by atoms with Gasteiger partial charge in [0.1, 0.15) is 5.75 Å². The number of rotatable bonds is 3. The van der Waals surface area contributed by atoms with E-state index in [1.807, 2.05) is 48.7 Å². The highest BCUT2D eigenvalue weighted by molar-refractivity contribution is 5.93. The maximum Gasteiger partial charge on any atom is 0.228 e. The van der Waals surface area contributed by atoms with Crippen molar-refractivity contribution in [3.63, 3.8) is 0 Å². The highest BCUT2D eigenvalue weighted by atomic mass is 16.5.